The second-order valence-corrected chi connectivity index (χ2v) is 8.12. The Labute approximate surface area is 165 Å². The minimum Gasteiger partial charge on any atom is -0.276 e. The van der Waals surface area contributed by atoms with E-state index in [1.807, 2.05) is 34.9 Å². The van der Waals surface area contributed by atoms with Crippen LogP contribution in [0, 0.1) is 5.92 Å². The van der Waals surface area contributed by atoms with Crippen LogP contribution in [0.3, 0.4) is 0 Å². The number of anilines is 1. The molecular formula is C16H13BrN8OS. The number of carbonyl (C=O) groups is 1. The van der Waals surface area contributed by atoms with Gasteiger partial charge in [-0.1, -0.05) is 0 Å². The Morgan fingerprint density at radius 3 is 2.81 bits per heavy atom. The van der Waals surface area contributed by atoms with Crippen LogP contribution in [-0.4, -0.2) is 35.1 Å². The van der Waals surface area contributed by atoms with Gasteiger partial charge in [0, 0.05) is 16.6 Å². The Hall–Kier alpha value is -2.50. The Morgan fingerprint density at radius 2 is 2.00 bits per heavy atom. The van der Waals surface area contributed by atoms with Crippen molar-refractivity contribution in [3.8, 4) is 0 Å². The molecule has 0 radical (unpaired) electrons. The summed E-state index contributed by atoms with van der Waals surface area (Å²) in [5, 5.41) is 15.4. The lowest BCUT2D eigenvalue weighted by atomic mass is 10.4. The number of hydrogen-bond acceptors (Lipinski definition) is 7. The molecule has 1 fully saturated rings. The number of imidazole rings is 1. The summed E-state index contributed by atoms with van der Waals surface area (Å²) in [6.45, 7) is 0. The van der Waals surface area contributed by atoms with Gasteiger partial charge in [0.05, 0.1) is 6.20 Å². The van der Waals surface area contributed by atoms with Crippen molar-refractivity contribution < 1.29 is 4.79 Å². The minimum absolute atomic E-state index is 0.0273. The average molecular weight is 445 g/mol. The number of hydrogen-bond donors (Lipinski definition) is 1. The maximum atomic E-state index is 12.1. The molecule has 0 unspecified atom stereocenters. The standard InChI is InChI=1S/C16H13BrN8OS/c17-10-3-4-12-20-21-16(23(12)7-10)27-14-6-5-11-19-13(8-24(11)22-14)25(18)15(26)9-1-2-9/h3-9H,1-2,18H2. The number of amides is 1. The van der Waals surface area contributed by atoms with E-state index in [9.17, 15) is 4.79 Å². The van der Waals surface area contributed by atoms with Crippen molar-refractivity contribution in [1.82, 2.24) is 29.2 Å². The molecule has 0 spiro atoms. The summed E-state index contributed by atoms with van der Waals surface area (Å²) in [6.07, 6.45) is 5.34. The molecule has 4 aromatic heterocycles. The highest BCUT2D eigenvalue weighted by atomic mass is 79.9. The summed E-state index contributed by atoms with van der Waals surface area (Å²) >= 11 is 4.84. The normalized spacial score (nSPS) is 14.1. The second kappa shape index (κ2) is 6.29. The van der Waals surface area contributed by atoms with Crippen LogP contribution in [0.2, 0.25) is 0 Å². The first-order chi connectivity index (χ1) is 13.1. The number of halogens is 1. The van der Waals surface area contributed by atoms with E-state index in [1.54, 1.807) is 10.7 Å². The lowest BCUT2D eigenvalue weighted by Crippen LogP contribution is -2.38. The number of nitrogens with zero attached hydrogens (tertiary/aromatic N) is 7. The SMILES string of the molecule is NN(C(=O)C1CC1)c1cn2nc(Sc3nnc4ccc(Br)cn34)ccc2n1. The quantitative estimate of drug-likeness (QED) is 0.292. The largest absolute Gasteiger partial charge is 0.276 e. The maximum Gasteiger partial charge on any atom is 0.245 e. The lowest BCUT2D eigenvalue weighted by Gasteiger charge is -2.11. The van der Waals surface area contributed by atoms with Crippen LogP contribution in [0.5, 0.6) is 0 Å². The van der Waals surface area contributed by atoms with Crippen molar-refractivity contribution in [2.24, 2.45) is 11.8 Å². The fourth-order valence-corrected chi connectivity index (χ4v) is 3.78. The number of nitrogens with two attached hydrogens (primary N) is 1. The van der Waals surface area contributed by atoms with Gasteiger partial charge in [0.25, 0.3) is 0 Å². The molecule has 0 saturated heterocycles. The fourth-order valence-electron chi connectivity index (χ4n) is 2.67. The zero-order chi connectivity index (χ0) is 18.5. The van der Waals surface area contributed by atoms with Gasteiger partial charge in [-0.05, 0) is 64.8 Å². The predicted molar refractivity (Wildman–Crippen MR) is 102 cm³/mol. The van der Waals surface area contributed by atoms with Crippen molar-refractivity contribution in [3.63, 3.8) is 0 Å². The molecule has 4 aromatic rings. The highest BCUT2D eigenvalue weighted by molar-refractivity contribution is 9.10. The summed E-state index contributed by atoms with van der Waals surface area (Å²) in [5.74, 6) is 6.23. The van der Waals surface area contributed by atoms with Crippen LogP contribution < -0.4 is 10.9 Å². The van der Waals surface area contributed by atoms with Crippen molar-refractivity contribution in [3.05, 3.63) is 41.1 Å². The smallest absolute Gasteiger partial charge is 0.245 e. The van der Waals surface area contributed by atoms with E-state index in [2.05, 4.69) is 36.2 Å². The van der Waals surface area contributed by atoms with Gasteiger partial charge in [-0.2, -0.15) is 5.10 Å². The van der Waals surface area contributed by atoms with E-state index in [1.165, 1.54) is 11.8 Å². The Bertz CT molecular complexity index is 1180. The highest BCUT2D eigenvalue weighted by Gasteiger charge is 2.33. The third-order valence-electron chi connectivity index (χ3n) is 4.22. The zero-order valence-corrected chi connectivity index (χ0v) is 16.3. The van der Waals surface area contributed by atoms with Crippen LogP contribution in [-0.2, 0) is 4.79 Å². The Kier molecular flexibility index (Phi) is 3.88. The first-order valence-electron chi connectivity index (χ1n) is 8.22. The van der Waals surface area contributed by atoms with Crippen LogP contribution in [0.1, 0.15) is 12.8 Å². The monoisotopic (exact) mass is 444 g/mol. The summed E-state index contributed by atoms with van der Waals surface area (Å²) in [5.41, 5.74) is 1.37. The third-order valence-corrected chi connectivity index (χ3v) is 5.58. The number of aromatic nitrogens is 6. The Morgan fingerprint density at radius 1 is 1.19 bits per heavy atom. The molecular weight excluding hydrogens is 432 g/mol. The van der Waals surface area contributed by atoms with Crippen LogP contribution >= 0.6 is 27.7 Å². The molecule has 2 N–H and O–H groups in total. The van der Waals surface area contributed by atoms with Gasteiger partial charge in [0.1, 0.15) is 5.03 Å². The molecule has 0 aliphatic heterocycles. The predicted octanol–water partition coefficient (Wildman–Crippen LogP) is 2.30. The second-order valence-electron chi connectivity index (χ2n) is 6.22. The number of fused-ring (bicyclic) bond motifs is 2. The molecule has 0 bridgehead atoms. The fraction of sp³-hybridized carbons (Fsp3) is 0.188. The van der Waals surface area contributed by atoms with Crippen molar-refractivity contribution in [2.45, 2.75) is 23.0 Å². The summed E-state index contributed by atoms with van der Waals surface area (Å²) < 4.78 is 4.43. The molecule has 27 heavy (non-hydrogen) atoms. The molecule has 5 rings (SSSR count). The summed E-state index contributed by atoms with van der Waals surface area (Å²) in [7, 11) is 0. The lowest BCUT2D eigenvalue weighted by molar-refractivity contribution is -0.119. The first kappa shape index (κ1) is 16.7. The van der Waals surface area contributed by atoms with E-state index in [4.69, 9.17) is 5.84 Å². The average Bonchev–Trinajstić information content (AvgIpc) is 3.32. The summed E-state index contributed by atoms with van der Waals surface area (Å²) in [6, 6.07) is 7.47. The summed E-state index contributed by atoms with van der Waals surface area (Å²) in [4.78, 5) is 16.5. The van der Waals surface area contributed by atoms with Gasteiger partial charge in [-0.15, -0.1) is 10.2 Å². The van der Waals surface area contributed by atoms with Crippen LogP contribution in [0.15, 0.2) is 51.3 Å². The van der Waals surface area contributed by atoms with E-state index < -0.39 is 0 Å². The molecule has 11 heteroatoms. The molecule has 9 nitrogen and oxygen atoms in total. The minimum atomic E-state index is -0.103. The first-order valence-corrected chi connectivity index (χ1v) is 9.83. The van der Waals surface area contributed by atoms with Gasteiger partial charge in [-0.25, -0.2) is 20.4 Å². The van der Waals surface area contributed by atoms with Gasteiger partial charge in [-0.3, -0.25) is 9.20 Å². The highest BCUT2D eigenvalue weighted by Crippen LogP contribution is 2.31. The number of carbonyl (C=O) groups excluding carboxylic acids is 1. The molecule has 1 aliphatic carbocycles. The van der Waals surface area contributed by atoms with Gasteiger partial charge < -0.3 is 0 Å². The molecule has 1 amide bonds. The molecule has 1 aliphatic rings. The Balaban J connectivity index is 1.45. The van der Waals surface area contributed by atoms with E-state index in [0.717, 1.165) is 33.0 Å². The van der Waals surface area contributed by atoms with Crippen molar-refractivity contribution in [1.29, 1.82) is 0 Å². The molecule has 136 valence electrons. The number of hydrazine groups is 1. The molecule has 0 aromatic carbocycles. The van der Waals surface area contributed by atoms with E-state index in [0.29, 0.717) is 16.6 Å². The number of pyridine rings is 1. The topological polar surface area (TPSA) is 107 Å². The third kappa shape index (κ3) is 3.07. The molecule has 4 heterocycles. The van der Waals surface area contributed by atoms with E-state index in [-0.39, 0.29) is 11.8 Å². The van der Waals surface area contributed by atoms with Gasteiger partial charge in [0.15, 0.2) is 17.1 Å². The number of rotatable bonds is 4. The van der Waals surface area contributed by atoms with Crippen molar-refractivity contribution in [2.75, 3.05) is 5.01 Å². The molecule has 1 saturated carbocycles. The van der Waals surface area contributed by atoms with Gasteiger partial charge >= 0.3 is 0 Å². The maximum absolute atomic E-state index is 12.1. The van der Waals surface area contributed by atoms with Crippen LogP contribution in [0.25, 0.3) is 11.3 Å². The molecule has 0 atom stereocenters. The van der Waals surface area contributed by atoms with Crippen LogP contribution in [0.4, 0.5) is 5.82 Å². The van der Waals surface area contributed by atoms with Gasteiger partial charge in [0.2, 0.25) is 11.1 Å². The zero-order valence-electron chi connectivity index (χ0n) is 13.9. The van der Waals surface area contributed by atoms with Crippen molar-refractivity contribution >= 4 is 50.7 Å². The van der Waals surface area contributed by atoms with E-state index >= 15 is 0 Å².